The van der Waals surface area contributed by atoms with Gasteiger partial charge in [-0.1, -0.05) is 11.6 Å². The number of fused-ring (bicyclic) bond motifs is 1. The topological polar surface area (TPSA) is 56.3 Å². The molecular weight excluding hydrogens is 276 g/mol. The van der Waals surface area contributed by atoms with Gasteiger partial charge in [0.05, 0.1) is 29.1 Å². The molecule has 0 radical (unpaired) electrons. The zero-order chi connectivity index (χ0) is 14.3. The Kier molecular flexibility index (Phi) is 4.04. The van der Waals surface area contributed by atoms with E-state index >= 15 is 0 Å². The van der Waals surface area contributed by atoms with E-state index < -0.39 is 0 Å². The van der Waals surface area contributed by atoms with Crippen LogP contribution in [0, 0.1) is 6.92 Å². The van der Waals surface area contributed by atoms with Gasteiger partial charge in [0.1, 0.15) is 0 Å². The van der Waals surface area contributed by atoms with Crippen molar-refractivity contribution in [1.82, 2.24) is 14.7 Å². The average molecular weight is 299 g/mol. The molecule has 3 unspecified atom stereocenters. The van der Waals surface area contributed by atoms with Crippen molar-refractivity contribution >= 4 is 11.6 Å². The molecule has 20 heavy (non-hydrogen) atoms. The molecule has 2 N–H and O–H groups in total. The summed E-state index contributed by atoms with van der Waals surface area (Å²) in [6, 6.07) is 0.574. The van der Waals surface area contributed by atoms with Crippen molar-refractivity contribution in [2.75, 3.05) is 19.7 Å². The second-order valence-corrected chi connectivity index (χ2v) is 6.38. The number of hydrogen-bond acceptors (Lipinski definition) is 4. The number of hydrogen-bond donors (Lipinski definition) is 1. The highest BCUT2D eigenvalue weighted by atomic mass is 35.5. The summed E-state index contributed by atoms with van der Waals surface area (Å²) in [5.41, 5.74) is 8.22. The van der Waals surface area contributed by atoms with E-state index in [0.717, 1.165) is 29.6 Å². The number of nitrogens with two attached hydrogens (primary N) is 1. The Labute approximate surface area is 125 Å². The number of morpholine rings is 1. The van der Waals surface area contributed by atoms with Gasteiger partial charge < -0.3 is 10.5 Å². The molecule has 1 aromatic heterocycles. The third-order valence-electron chi connectivity index (χ3n) is 4.58. The minimum absolute atomic E-state index is 0.0381. The SMILES string of the molecule is Cc1nn(C)c(CC(N)C2CN3CCCC3CO2)c1Cl. The molecule has 3 rings (SSSR count). The van der Waals surface area contributed by atoms with Crippen molar-refractivity contribution < 1.29 is 4.74 Å². The number of aryl methyl sites for hydroxylation is 2. The van der Waals surface area contributed by atoms with E-state index in [-0.39, 0.29) is 12.1 Å². The maximum absolute atomic E-state index is 6.36. The van der Waals surface area contributed by atoms with Crippen molar-refractivity contribution in [2.24, 2.45) is 12.8 Å². The smallest absolute Gasteiger partial charge is 0.0857 e. The summed E-state index contributed by atoms with van der Waals surface area (Å²) in [7, 11) is 1.92. The number of halogens is 1. The molecule has 5 nitrogen and oxygen atoms in total. The summed E-state index contributed by atoms with van der Waals surface area (Å²) in [5.74, 6) is 0. The number of rotatable bonds is 3. The minimum Gasteiger partial charge on any atom is -0.374 e. The Bertz CT molecular complexity index is 490. The third kappa shape index (κ3) is 2.60. The summed E-state index contributed by atoms with van der Waals surface area (Å²) in [6.45, 7) is 4.86. The molecule has 0 amide bonds. The van der Waals surface area contributed by atoms with Crippen LogP contribution >= 0.6 is 11.6 Å². The molecule has 0 aliphatic carbocycles. The normalized spacial score (nSPS) is 28.6. The van der Waals surface area contributed by atoms with Crippen molar-refractivity contribution in [3.8, 4) is 0 Å². The summed E-state index contributed by atoms with van der Waals surface area (Å²) in [6.07, 6.45) is 3.34. The molecule has 3 atom stereocenters. The van der Waals surface area contributed by atoms with E-state index in [9.17, 15) is 0 Å². The maximum Gasteiger partial charge on any atom is 0.0857 e. The highest BCUT2D eigenvalue weighted by molar-refractivity contribution is 6.31. The molecule has 2 saturated heterocycles. The fourth-order valence-electron chi connectivity index (χ4n) is 3.36. The Morgan fingerprint density at radius 3 is 3.05 bits per heavy atom. The van der Waals surface area contributed by atoms with Gasteiger partial charge >= 0.3 is 0 Å². The molecule has 0 aromatic carbocycles. The lowest BCUT2D eigenvalue weighted by Gasteiger charge is -2.37. The zero-order valence-electron chi connectivity index (χ0n) is 12.2. The second-order valence-electron chi connectivity index (χ2n) is 6.00. The first-order chi connectivity index (χ1) is 9.56. The molecule has 3 heterocycles. The lowest BCUT2D eigenvalue weighted by Crippen LogP contribution is -2.53. The molecule has 0 saturated carbocycles. The standard InChI is InChI=1S/C14H23ClN4O/c1-9-14(15)12(18(2)17-9)6-11(16)13-7-19-5-3-4-10(19)8-20-13/h10-11,13H,3-8,16H2,1-2H3. The Balaban J connectivity index is 1.65. The van der Waals surface area contributed by atoms with Crippen LogP contribution < -0.4 is 5.73 Å². The van der Waals surface area contributed by atoms with Crippen molar-refractivity contribution in [3.05, 3.63) is 16.4 Å². The van der Waals surface area contributed by atoms with Gasteiger partial charge in [0.2, 0.25) is 0 Å². The lowest BCUT2D eigenvalue weighted by molar-refractivity contribution is -0.0591. The Hall–Kier alpha value is -0.620. The van der Waals surface area contributed by atoms with Crippen molar-refractivity contribution in [2.45, 2.75) is 44.4 Å². The largest absolute Gasteiger partial charge is 0.374 e. The van der Waals surface area contributed by atoms with Crippen molar-refractivity contribution in [3.63, 3.8) is 0 Å². The molecule has 112 valence electrons. The van der Waals surface area contributed by atoms with Crippen LogP contribution in [0.1, 0.15) is 24.2 Å². The van der Waals surface area contributed by atoms with Crippen LogP contribution in [0.3, 0.4) is 0 Å². The number of ether oxygens (including phenoxy) is 1. The predicted molar refractivity (Wildman–Crippen MR) is 79.0 cm³/mol. The fourth-order valence-corrected chi connectivity index (χ4v) is 3.60. The van der Waals surface area contributed by atoms with Gasteiger partial charge in [-0.25, -0.2) is 0 Å². The lowest BCUT2D eigenvalue weighted by atomic mass is 10.0. The highest BCUT2D eigenvalue weighted by Gasteiger charge is 2.35. The van der Waals surface area contributed by atoms with E-state index in [1.165, 1.54) is 19.4 Å². The molecule has 0 bridgehead atoms. The van der Waals surface area contributed by atoms with Crippen LogP contribution in [0.25, 0.3) is 0 Å². The van der Waals surface area contributed by atoms with Crippen LogP contribution in [0.5, 0.6) is 0 Å². The second kappa shape index (κ2) is 5.64. The molecular formula is C14H23ClN4O. The third-order valence-corrected chi connectivity index (χ3v) is 5.08. The average Bonchev–Trinajstić information content (AvgIpc) is 2.98. The molecule has 6 heteroatoms. The Morgan fingerprint density at radius 1 is 1.55 bits per heavy atom. The van der Waals surface area contributed by atoms with Crippen LogP contribution in [-0.2, 0) is 18.2 Å². The van der Waals surface area contributed by atoms with Gasteiger partial charge in [0.25, 0.3) is 0 Å². The van der Waals surface area contributed by atoms with Crippen molar-refractivity contribution in [1.29, 1.82) is 0 Å². The zero-order valence-corrected chi connectivity index (χ0v) is 12.9. The van der Waals surface area contributed by atoms with Crippen LogP contribution in [-0.4, -0.2) is 52.6 Å². The van der Waals surface area contributed by atoms with E-state index in [2.05, 4.69) is 10.00 Å². The molecule has 2 aliphatic heterocycles. The molecule has 2 aliphatic rings. The predicted octanol–water partition coefficient (Wildman–Crippen LogP) is 1.11. The van der Waals surface area contributed by atoms with Gasteiger partial charge in [-0.2, -0.15) is 5.10 Å². The van der Waals surface area contributed by atoms with Crippen LogP contribution in [0.2, 0.25) is 5.02 Å². The monoisotopic (exact) mass is 298 g/mol. The first kappa shape index (κ1) is 14.3. The van der Waals surface area contributed by atoms with Crippen LogP contribution in [0.15, 0.2) is 0 Å². The molecule has 1 aromatic rings. The number of nitrogens with zero attached hydrogens (tertiary/aromatic N) is 3. The molecule has 0 spiro atoms. The first-order valence-corrected chi connectivity index (χ1v) is 7.73. The molecule has 2 fully saturated rings. The van der Waals surface area contributed by atoms with E-state index in [4.69, 9.17) is 22.1 Å². The first-order valence-electron chi connectivity index (χ1n) is 7.35. The summed E-state index contributed by atoms with van der Waals surface area (Å²) < 4.78 is 7.81. The van der Waals surface area contributed by atoms with E-state index in [1.54, 1.807) is 0 Å². The summed E-state index contributed by atoms with van der Waals surface area (Å²) in [4.78, 5) is 2.52. The van der Waals surface area contributed by atoms with Gasteiger partial charge in [-0.3, -0.25) is 9.58 Å². The summed E-state index contributed by atoms with van der Waals surface area (Å²) >= 11 is 6.30. The Morgan fingerprint density at radius 2 is 2.35 bits per heavy atom. The maximum atomic E-state index is 6.36. The van der Waals surface area contributed by atoms with Gasteiger partial charge in [0.15, 0.2) is 0 Å². The van der Waals surface area contributed by atoms with Crippen LogP contribution in [0.4, 0.5) is 0 Å². The van der Waals surface area contributed by atoms with Gasteiger partial charge in [-0.05, 0) is 26.3 Å². The highest BCUT2D eigenvalue weighted by Crippen LogP contribution is 2.26. The van der Waals surface area contributed by atoms with Gasteiger partial charge in [-0.15, -0.1) is 0 Å². The fraction of sp³-hybridized carbons (Fsp3) is 0.786. The van der Waals surface area contributed by atoms with Gasteiger partial charge in [0, 0.05) is 32.1 Å². The summed E-state index contributed by atoms with van der Waals surface area (Å²) in [5, 5.41) is 5.07. The van der Waals surface area contributed by atoms with E-state index in [1.807, 2.05) is 18.7 Å². The van der Waals surface area contributed by atoms with E-state index in [0.29, 0.717) is 12.5 Å². The quantitative estimate of drug-likeness (QED) is 0.908. The number of aromatic nitrogens is 2. The minimum atomic E-state index is -0.0381.